The summed E-state index contributed by atoms with van der Waals surface area (Å²) in [6, 6.07) is 10.9. The molecule has 3 rings (SSSR count). The van der Waals surface area contributed by atoms with Crippen LogP contribution >= 0.6 is 0 Å². The first-order chi connectivity index (χ1) is 14.7. The van der Waals surface area contributed by atoms with E-state index in [1.807, 2.05) is 0 Å². The fourth-order valence-corrected chi connectivity index (χ4v) is 2.73. The van der Waals surface area contributed by atoms with E-state index in [0.29, 0.717) is 11.4 Å². The van der Waals surface area contributed by atoms with Crippen LogP contribution in [-0.2, 0) is 6.54 Å². The van der Waals surface area contributed by atoms with Crippen molar-refractivity contribution in [1.29, 1.82) is 0 Å². The van der Waals surface area contributed by atoms with Crippen molar-refractivity contribution >= 4 is 29.1 Å². The van der Waals surface area contributed by atoms with Gasteiger partial charge in [-0.25, -0.2) is 18.2 Å². The molecule has 0 unspecified atom stereocenters. The molecule has 0 bridgehead atoms. The van der Waals surface area contributed by atoms with E-state index in [1.54, 1.807) is 0 Å². The Morgan fingerprint density at radius 3 is 2.00 bits per heavy atom. The Morgan fingerprint density at radius 2 is 1.48 bits per heavy atom. The van der Waals surface area contributed by atoms with Gasteiger partial charge in [-0.1, -0.05) is 0 Å². The van der Waals surface area contributed by atoms with Crippen molar-refractivity contribution in [2.75, 3.05) is 10.6 Å². The maximum absolute atomic E-state index is 12.9. The van der Waals surface area contributed by atoms with E-state index in [9.17, 15) is 27.6 Å². The molecule has 3 aromatic rings. The number of imidazole rings is 1. The number of carbonyl (C=O) groups excluding carboxylic acids is 3. The zero-order valence-electron chi connectivity index (χ0n) is 15.8. The Labute approximate surface area is 173 Å². The lowest BCUT2D eigenvalue weighted by atomic mass is 10.2. The number of benzene rings is 2. The predicted molar refractivity (Wildman–Crippen MR) is 105 cm³/mol. The first kappa shape index (κ1) is 21.6. The zero-order valence-corrected chi connectivity index (χ0v) is 15.8. The van der Waals surface area contributed by atoms with Crippen molar-refractivity contribution in [3.05, 3.63) is 77.6 Å². The van der Waals surface area contributed by atoms with E-state index in [-0.39, 0.29) is 11.3 Å². The van der Waals surface area contributed by atoms with Gasteiger partial charge in [0.15, 0.2) is 5.69 Å². The molecule has 0 saturated carbocycles. The fraction of sp³-hybridized carbons (Fsp3) is 0.100. The van der Waals surface area contributed by atoms with Gasteiger partial charge < -0.3 is 20.9 Å². The number of anilines is 2. The highest BCUT2D eigenvalue weighted by Gasteiger charge is 2.23. The van der Waals surface area contributed by atoms with Gasteiger partial charge in [-0.15, -0.1) is 0 Å². The molecule has 3 amide bonds. The minimum atomic E-state index is -2.76. The summed E-state index contributed by atoms with van der Waals surface area (Å²) >= 11 is 0. The largest absolute Gasteiger partial charge is 0.364 e. The average Bonchev–Trinajstić information content (AvgIpc) is 3.13. The minimum absolute atomic E-state index is 0.261. The van der Waals surface area contributed by atoms with Crippen molar-refractivity contribution in [3.8, 4) is 0 Å². The number of aromatic nitrogens is 2. The Bertz CT molecular complexity index is 1110. The van der Waals surface area contributed by atoms with Crippen LogP contribution in [0, 0.1) is 5.82 Å². The van der Waals surface area contributed by atoms with Crippen LogP contribution in [0.4, 0.5) is 24.5 Å². The quantitative estimate of drug-likeness (QED) is 0.533. The number of rotatable bonds is 7. The minimum Gasteiger partial charge on any atom is -0.364 e. The Hall–Kier alpha value is -4.15. The number of alkyl halides is 2. The van der Waals surface area contributed by atoms with E-state index in [4.69, 9.17) is 5.73 Å². The van der Waals surface area contributed by atoms with Gasteiger partial charge in [-0.2, -0.15) is 0 Å². The highest BCUT2D eigenvalue weighted by Crippen LogP contribution is 2.17. The van der Waals surface area contributed by atoms with E-state index in [2.05, 4.69) is 15.6 Å². The zero-order chi connectivity index (χ0) is 22.5. The van der Waals surface area contributed by atoms with E-state index in [1.165, 1.54) is 36.4 Å². The van der Waals surface area contributed by atoms with Gasteiger partial charge in [-0.3, -0.25) is 14.4 Å². The van der Waals surface area contributed by atoms with Gasteiger partial charge in [-0.05, 0) is 48.5 Å². The second kappa shape index (κ2) is 9.11. The molecule has 4 N–H and O–H groups in total. The Kier molecular flexibility index (Phi) is 6.34. The van der Waals surface area contributed by atoms with Crippen LogP contribution in [0.5, 0.6) is 0 Å². The van der Waals surface area contributed by atoms with Crippen LogP contribution in [0.3, 0.4) is 0 Å². The third-order valence-corrected chi connectivity index (χ3v) is 4.13. The summed E-state index contributed by atoms with van der Waals surface area (Å²) in [5.74, 6) is -2.80. The predicted octanol–water partition coefficient (Wildman–Crippen LogP) is 2.89. The molecule has 0 fully saturated rings. The van der Waals surface area contributed by atoms with Crippen LogP contribution in [-0.4, -0.2) is 33.7 Å². The molecule has 0 saturated heterocycles. The molecule has 0 spiro atoms. The molecule has 0 atom stereocenters. The van der Waals surface area contributed by atoms with E-state index < -0.39 is 42.2 Å². The Balaban J connectivity index is 1.69. The van der Waals surface area contributed by atoms with Gasteiger partial charge in [0.05, 0.1) is 12.9 Å². The smallest absolute Gasteiger partial charge is 0.276 e. The monoisotopic (exact) mass is 431 g/mol. The lowest BCUT2D eigenvalue weighted by molar-refractivity contribution is 0.0954. The molecule has 2 aromatic carbocycles. The van der Waals surface area contributed by atoms with Crippen LogP contribution in [0.25, 0.3) is 0 Å². The summed E-state index contributed by atoms with van der Waals surface area (Å²) in [7, 11) is 0. The molecule has 1 heterocycles. The van der Waals surface area contributed by atoms with Gasteiger partial charge in [0.1, 0.15) is 11.5 Å². The van der Waals surface area contributed by atoms with Crippen LogP contribution in [0.1, 0.15) is 31.3 Å². The highest BCUT2D eigenvalue weighted by atomic mass is 19.3. The van der Waals surface area contributed by atoms with Gasteiger partial charge in [0, 0.05) is 16.9 Å². The molecule has 8 nitrogen and oxygen atoms in total. The second-order valence-electron chi connectivity index (χ2n) is 6.34. The van der Waals surface area contributed by atoms with E-state index >= 15 is 0 Å². The molecule has 11 heteroatoms. The standard InChI is InChI=1S/C20H16F3N5O3/c21-12-3-1-11(2-4-12)19(30)26-13-5-7-14(8-6-13)27-20(31)16-17(18(24)29)28(10-25-16)9-15(22)23/h1-8,10,15H,9H2,(H2,24,29)(H,26,30)(H,27,31). The first-order valence-corrected chi connectivity index (χ1v) is 8.86. The lowest BCUT2D eigenvalue weighted by Crippen LogP contribution is -2.24. The maximum Gasteiger partial charge on any atom is 0.276 e. The number of amides is 3. The molecular weight excluding hydrogens is 415 g/mol. The molecule has 0 aliphatic carbocycles. The van der Waals surface area contributed by atoms with E-state index in [0.717, 1.165) is 23.0 Å². The van der Waals surface area contributed by atoms with Crippen LogP contribution in [0.15, 0.2) is 54.9 Å². The summed E-state index contributed by atoms with van der Waals surface area (Å²) < 4.78 is 39.0. The second-order valence-corrected chi connectivity index (χ2v) is 6.34. The highest BCUT2D eigenvalue weighted by molar-refractivity contribution is 6.10. The summed E-state index contributed by atoms with van der Waals surface area (Å²) in [4.78, 5) is 39.9. The van der Waals surface area contributed by atoms with Gasteiger partial charge >= 0.3 is 0 Å². The van der Waals surface area contributed by atoms with Gasteiger partial charge in [0.2, 0.25) is 0 Å². The number of nitrogens with two attached hydrogens (primary N) is 1. The number of hydrogen-bond acceptors (Lipinski definition) is 4. The molecule has 0 aliphatic heterocycles. The summed E-state index contributed by atoms with van der Waals surface area (Å²) in [5, 5.41) is 5.09. The normalized spacial score (nSPS) is 10.7. The first-order valence-electron chi connectivity index (χ1n) is 8.86. The van der Waals surface area contributed by atoms with Gasteiger partial charge in [0.25, 0.3) is 24.1 Å². The molecule has 31 heavy (non-hydrogen) atoms. The maximum atomic E-state index is 12.9. The third kappa shape index (κ3) is 5.26. The Morgan fingerprint density at radius 1 is 0.935 bits per heavy atom. The average molecular weight is 431 g/mol. The SMILES string of the molecule is NC(=O)c1c(C(=O)Nc2ccc(NC(=O)c3ccc(F)cc3)cc2)ncn1CC(F)F. The lowest BCUT2D eigenvalue weighted by Gasteiger charge is -2.09. The third-order valence-electron chi connectivity index (χ3n) is 4.13. The number of hydrogen-bond donors (Lipinski definition) is 3. The van der Waals surface area contributed by atoms with Crippen molar-refractivity contribution in [2.24, 2.45) is 5.73 Å². The summed E-state index contributed by atoms with van der Waals surface area (Å²) in [6.45, 7) is -0.832. The molecular formula is C20H16F3N5O3. The molecule has 0 aliphatic rings. The number of halogens is 3. The summed E-state index contributed by atoms with van der Waals surface area (Å²) in [6.07, 6.45) is -1.82. The number of primary amides is 1. The molecule has 1 aromatic heterocycles. The number of nitrogens with zero attached hydrogens (tertiary/aromatic N) is 2. The fourth-order valence-electron chi connectivity index (χ4n) is 2.73. The molecule has 160 valence electrons. The number of nitrogens with one attached hydrogen (secondary N) is 2. The van der Waals surface area contributed by atoms with Crippen molar-refractivity contribution in [2.45, 2.75) is 13.0 Å². The van der Waals surface area contributed by atoms with Crippen LogP contribution < -0.4 is 16.4 Å². The van der Waals surface area contributed by atoms with Crippen molar-refractivity contribution in [3.63, 3.8) is 0 Å². The molecule has 0 radical (unpaired) electrons. The summed E-state index contributed by atoms with van der Waals surface area (Å²) in [5.41, 5.74) is 5.35. The van der Waals surface area contributed by atoms with Crippen molar-refractivity contribution in [1.82, 2.24) is 9.55 Å². The topological polar surface area (TPSA) is 119 Å². The number of carbonyl (C=O) groups is 3. The van der Waals surface area contributed by atoms with Crippen molar-refractivity contribution < 1.29 is 27.6 Å². The van der Waals surface area contributed by atoms with Crippen LogP contribution in [0.2, 0.25) is 0 Å².